The largest absolute Gasteiger partial charge is 0.350 e. The first-order chi connectivity index (χ1) is 15.3. The number of rotatable bonds is 4. The van der Waals surface area contributed by atoms with Crippen molar-refractivity contribution in [1.29, 1.82) is 0 Å². The van der Waals surface area contributed by atoms with Gasteiger partial charge in [0, 0.05) is 37.2 Å². The summed E-state index contributed by atoms with van der Waals surface area (Å²) in [6, 6.07) is 12.0. The number of para-hydroxylation sites is 1. The summed E-state index contributed by atoms with van der Waals surface area (Å²) in [5.41, 5.74) is 6.17. The molecule has 2 heterocycles. The molecule has 32 heavy (non-hydrogen) atoms. The second kappa shape index (κ2) is 8.71. The van der Waals surface area contributed by atoms with Crippen LogP contribution < -0.4 is 10.9 Å². The average molecular weight is 459 g/mol. The van der Waals surface area contributed by atoms with Crippen molar-refractivity contribution >= 4 is 32.7 Å². The van der Waals surface area contributed by atoms with Crippen LogP contribution in [0.3, 0.4) is 0 Å². The van der Waals surface area contributed by atoms with Crippen molar-refractivity contribution in [3.05, 3.63) is 66.1 Å². The first-order valence-electron chi connectivity index (χ1n) is 10.2. The molecular weight excluding hydrogens is 435 g/mol. The standard InChI is InChI=1S/C22H23FN4O4S/c1-26-14-19(18-6-2-3-7-20(18)26)22(29)25-24-21(28)15-5-4-12-27(13-15)32(30,31)17-10-8-16(23)9-11-17/h2-3,6-11,14-15H,4-5,12-13H2,1H3,(H,24,28)(H,25,29). The number of sulfonamides is 1. The Balaban J connectivity index is 1.41. The molecule has 168 valence electrons. The molecule has 1 atom stereocenters. The van der Waals surface area contributed by atoms with Crippen LogP contribution in [0.1, 0.15) is 23.2 Å². The van der Waals surface area contributed by atoms with E-state index in [4.69, 9.17) is 0 Å². The number of piperidine rings is 1. The Kier molecular flexibility index (Phi) is 5.98. The first-order valence-corrected chi connectivity index (χ1v) is 11.6. The summed E-state index contributed by atoms with van der Waals surface area (Å²) in [6.45, 7) is 0.252. The second-order valence-corrected chi connectivity index (χ2v) is 9.71. The van der Waals surface area contributed by atoms with E-state index in [-0.39, 0.29) is 18.0 Å². The van der Waals surface area contributed by atoms with Crippen molar-refractivity contribution in [3.63, 3.8) is 0 Å². The van der Waals surface area contributed by atoms with E-state index in [2.05, 4.69) is 10.9 Å². The predicted molar refractivity (Wildman–Crippen MR) is 116 cm³/mol. The number of carbonyl (C=O) groups is 2. The Labute approximate surface area is 185 Å². The number of hydrogen-bond acceptors (Lipinski definition) is 4. The Morgan fingerprint density at radius 3 is 2.53 bits per heavy atom. The van der Waals surface area contributed by atoms with Gasteiger partial charge in [0.15, 0.2) is 0 Å². The third-order valence-corrected chi connectivity index (χ3v) is 7.53. The number of aryl methyl sites for hydroxylation is 1. The number of nitrogens with zero attached hydrogens (tertiary/aromatic N) is 2. The van der Waals surface area contributed by atoms with Gasteiger partial charge >= 0.3 is 0 Å². The lowest BCUT2D eigenvalue weighted by molar-refractivity contribution is -0.126. The quantitative estimate of drug-likeness (QED) is 0.586. The molecule has 2 amide bonds. The lowest BCUT2D eigenvalue weighted by Gasteiger charge is -2.31. The van der Waals surface area contributed by atoms with Gasteiger partial charge in [0.25, 0.3) is 5.91 Å². The van der Waals surface area contributed by atoms with Gasteiger partial charge in [0.2, 0.25) is 15.9 Å². The Morgan fingerprint density at radius 2 is 1.78 bits per heavy atom. The Hall–Kier alpha value is -3.24. The highest BCUT2D eigenvalue weighted by molar-refractivity contribution is 7.89. The molecule has 2 N–H and O–H groups in total. The summed E-state index contributed by atoms with van der Waals surface area (Å²) < 4.78 is 41.9. The van der Waals surface area contributed by atoms with Crippen LogP contribution in [0.15, 0.2) is 59.6 Å². The molecule has 1 aliphatic heterocycles. The molecule has 1 unspecified atom stereocenters. The molecule has 0 spiro atoms. The summed E-state index contributed by atoms with van der Waals surface area (Å²) >= 11 is 0. The van der Waals surface area contributed by atoms with Crippen molar-refractivity contribution in [2.45, 2.75) is 17.7 Å². The van der Waals surface area contributed by atoms with E-state index in [0.717, 1.165) is 23.0 Å². The van der Waals surface area contributed by atoms with Crippen molar-refractivity contribution in [3.8, 4) is 0 Å². The van der Waals surface area contributed by atoms with Gasteiger partial charge in [-0.1, -0.05) is 18.2 Å². The highest BCUT2D eigenvalue weighted by atomic mass is 32.2. The zero-order valence-corrected chi connectivity index (χ0v) is 18.2. The number of fused-ring (bicyclic) bond motifs is 1. The normalized spacial score (nSPS) is 17.2. The number of aromatic nitrogens is 1. The minimum Gasteiger partial charge on any atom is -0.350 e. The molecule has 10 heteroatoms. The Bertz CT molecular complexity index is 1270. The van der Waals surface area contributed by atoms with Gasteiger partial charge < -0.3 is 4.57 Å². The third kappa shape index (κ3) is 4.23. The van der Waals surface area contributed by atoms with Gasteiger partial charge in [-0.15, -0.1) is 0 Å². The fourth-order valence-corrected chi connectivity index (χ4v) is 5.46. The maximum absolute atomic E-state index is 13.1. The number of nitrogens with one attached hydrogen (secondary N) is 2. The Morgan fingerprint density at radius 1 is 1.06 bits per heavy atom. The van der Waals surface area contributed by atoms with E-state index < -0.39 is 33.6 Å². The van der Waals surface area contributed by atoms with Crippen LogP contribution in [-0.2, 0) is 21.9 Å². The second-order valence-electron chi connectivity index (χ2n) is 7.77. The number of amides is 2. The fourth-order valence-electron chi connectivity index (χ4n) is 3.94. The minimum absolute atomic E-state index is 0.0182. The van der Waals surface area contributed by atoms with Gasteiger partial charge in [-0.05, 0) is 43.2 Å². The van der Waals surface area contributed by atoms with Crippen LogP contribution >= 0.6 is 0 Å². The van der Waals surface area contributed by atoms with Crippen LogP contribution in [0.4, 0.5) is 4.39 Å². The van der Waals surface area contributed by atoms with Crippen LogP contribution in [0.2, 0.25) is 0 Å². The number of benzene rings is 2. The highest BCUT2D eigenvalue weighted by Gasteiger charge is 2.33. The lowest BCUT2D eigenvalue weighted by atomic mass is 9.99. The summed E-state index contributed by atoms with van der Waals surface area (Å²) in [5, 5.41) is 0.760. The molecule has 4 rings (SSSR count). The number of halogens is 1. The summed E-state index contributed by atoms with van der Waals surface area (Å²) in [5.74, 6) is -2.06. The van der Waals surface area contributed by atoms with Crippen molar-refractivity contribution in [2.75, 3.05) is 13.1 Å². The van der Waals surface area contributed by atoms with Crippen molar-refractivity contribution in [1.82, 2.24) is 19.7 Å². The van der Waals surface area contributed by atoms with Gasteiger partial charge in [0.1, 0.15) is 5.82 Å². The minimum atomic E-state index is -3.84. The molecule has 8 nitrogen and oxygen atoms in total. The number of hydrogen-bond donors (Lipinski definition) is 2. The van der Waals surface area contributed by atoms with Crippen LogP contribution in [-0.4, -0.2) is 42.2 Å². The van der Waals surface area contributed by atoms with Crippen LogP contribution in [0.5, 0.6) is 0 Å². The third-order valence-electron chi connectivity index (χ3n) is 5.65. The predicted octanol–water partition coefficient (Wildman–Crippen LogP) is 2.18. The van der Waals surface area contributed by atoms with E-state index in [0.29, 0.717) is 18.4 Å². The maximum Gasteiger partial charge on any atom is 0.271 e. The number of hydrazine groups is 1. The molecule has 3 aromatic rings. The SMILES string of the molecule is Cn1cc(C(=O)NNC(=O)C2CCCN(S(=O)(=O)c3ccc(F)cc3)C2)c2ccccc21. The molecule has 1 aliphatic rings. The van der Waals surface area contributed by atoms with Crippen molar-refractivity contribution < 1.29 is 22.4 Å². The summed E-state index contributed by atoms with van der Waals surface area (Å²) in [4.78, 5) is 25.2. The molecule has 1 saturated heterocycles. The van der Waals surface area contributed by atoms with Gasteiger partial charge in [-0.25, -0.2) is 12.8 Å². The summed E-state index contributed by atoms with van der Waals surface area (Å²) in [6.07, 6.45) is 2.67. The zero-order chi connectivity index (χ0) is 22.9. The summed E-state index contributed by atoms with van der Waals surface area (Å²) in [7, 11) is -2.02. The van der Waals surface area contributed by atoms with Crippen LogP contribution in [0.25, 0.3) is 10.9 Å². The highest BCUT2D eigenvalue weighted by Crippen LogP contribution is 2.24. The van der Waals surface area contributed by atoms with E-state index in [9.17, 15) is 22.4 Å². The van der Waals surface area contributed by atoms with E-state index in [1.807, 2.05) is 35.9 Å². The molecule has 0 radical (unpaired) electrons. The molecule has 0 bridgehead atoms. The average Bonchev–Trinajstić information content (AvgIpc) is 3.14. The molecule has 2 aromatic carbocycles. The van der Waals surface area contributed by atoms with E-state index >= 15 is 0 Å². The van der Waals surface area contributed by atoms with Crippen molar-refractivity contribution in [2.24, 2.45) is 13.0 Å². The number of carbonyl (C=O) groups excluding carboxylic acids is 2. The topological polar surface area (TPSA) is 101 Å². The zero-order valence-electron chi connectivity index (χ0n) is 17.4. The van der Waals surface area contributed by atoms with E-state index in [1.165, 1.54) is 16.4 Å². The monoisotopic (exact) mass is 458 g/mol. The molecule has 1 aromatic heterocycles. The molecule has 0 saturated carbocycles. The van der Waals surface area contributed by atoms with Crippen LogP contribution in [0, 0.1) is 11.7 Å². The van der Waals surface area contributed by atoms with Gasteiger partial charge in [-0.3, -0.25) is 20.4 Å². The molecule has 1 fully saturated rings. The van der Waals surface area contributed by atoms with Gasteiger partial charge in [-0.2, -0.15) is 4.31 Å². The van der Waals surface area contributed by atoms with Gasteiger partial charge in [0.05, 0.1) is 16.4 Å². The molecular formula is C22H23FN4O4S. The smallest absolute Gasteiger partial charge is 0.271 e. The van der Waals surface area contributed by atoms with E-state index in [1.54, 1.807) is 6.20 Å². The fraction of sp³-hybridized carbons (Fsp3) is 0.273. The first kappa shape index (κ1) is 22.0. The lowest BCUT2D eigenvalue weighted by Crippen LogP contribution is -2.50. The molecule has 0 aliphatic carbocycles. The maximum atomic E-state index is 13.1.